The van der Waals surface area contributed by atoms with Crippen LogP contribution < -0.4 is 20.1 Å². The molecule has 9 nitrogen and oxygen atoms in total. The minimum absolute atomic E-state index is 0.0379. The molecule has 1 saturated heterocycles. The summed E-state index contributed by atoms with van der Waals surface area (Å²) < 4.78 is 33.8. The molecule has 0 spiro atoms. The van der Waals surface area contributed by atoms with E-state index in [-0.39, 0.29) is 27.4 Å². The number of nitrogens with zero attached hydrogens (tertiary/aromatic N) is 3. The molecule has 0 aliphatic carbocycles. The van der Waals surface area contributed by atoms with Crippen LogP contribution in [-0.4, -0.2) is 43.5 Å². The summed E-state index contributed by atoms with van der Waals surface area (Å²) >= 11 is 0. The van der Waals surface area contributed by atoms with Gasteiger partial charge in [0.15, 0.2) is 5.03 Å². The highest BCUT2D eigenvalue weighted by Gasteiger charge is 2.40. The normalized spacial score (nSPS) is 17.1. The van der Waals surface area contributed by atoms with E-state index < -0.39 is 15.9 Å². The van der Waals surface area contributed by atoms with Gasteiger partial charge in [0.25, 0.3) is 15.9 Å². The van der Waals surface area contributed by atoms with Crippen LogP contribution in [0.4, 0.5) is 11.6 Å². The van der Waals surface area contributed by atoms with Crippen molar-refractivity contribution in [3.8, 4) is 5.75 Å². The van der Waals surface area contributed by atoms with Crippen molar-refractivity contribution in [3.63, 3.8) is 0 Å². The first-order valence-corrected chi connectivity index (χ1v) is 15.0. The minimum atomic E-state index is -4.29. The van der Waals surface area contributed by atoms with Gasteiger partial charge in [0.2, 0.25) is 0 Å². The predicted octanol–water partition coefficient (Wildman–Crippen LogP) is 5.28. The smallest absolute Gasteiger partial charge is 0.281 e. The fourth-order valence-corrected chi connectivity index (χ4v) is 6.23. The highest BCUT2D eigenvalue weighted by atomic mass is 32.2. The van der Waals surface area contributed by atoms with Gasteiger partial charge in [-0.1, -0.05) is 58.0 Å². The Hall–Kier alpha value is -3.92. The zero-order valence-corrected chi connectivity index (χ0v) is 25.5. The average Bonchev–Trinajstić information content (AvgIpc) is 3.17. The number of rotatable bonds is 7. The Bertz CT molecular complexity index is 1570. The summed E-state index contributed by atoms with van der Waals surface area (Å²) in [6.45, 7) is 13.3. The maximum Gasteiger partial charge on any atom is 0.281 e. The molecule has 10 heteroatoms. The van der Waals surface area contributed by atoms with Crippen molar-refractivity contribution in [3.05, 3.63) is 70.9 Å². The third-order valence-corrected chi connectivity index (χ3v) is 8.37. The van der Waals surface area contributed by atoms with Crippen LogP contribution in [0.2, 0.25) is 0 Å². The second-order valence-electron chi connectivity index (χ2n) is 12.2. The van der Waals surface area contributed by atoms with E-state index in [4.69, 9.17) is 15.5 Å². The molecule has 218 valence electrons. The maximum absolute atomic E-state index is 13.8. The number of nitrogen functional groups attached to an aromatic ring is 1. The summed E-state index contributed by atoms with van der Waals surface area (Å²) in [6, 6.07) is 13.6. The largest absolute Gasteiger partial charge is 0.497 e. The number of carbonyl (C=O) groups is 1. The van der Waals surface area contributed by atoms with Crippen LogP contribution in [-0.2, 0) is 15.4 Å². The molecule has 3 heterocycles. The van der Waals surface area contributed by atoms with Crippen LogP contribution >= 0.6 is 0 Å². The predicted molar refractivity (Wildman–Crippen MR) is 163 cm³/mol. The molecule has 0 bridgehead atoms. The second kappa shape index (κ2) is 11.2. The van der Waals surface area contributed by atoms with E-state index in [1.165, 1.54) is 18.2 Å². The SMILES string of the molecule is COc1ccc(/C=C/c2cc(C(=O)NS(=O)(=O)c3cccc(N)n3)c(N3CC(C)CC3(C)C)nc2C(C)(C)C)cc1. The molecule has 0 radical (unpaired) electrons. The Labute approximate surface area is 242 Å². The van der Waals surface area contributed by atoms with Crippen molar-refractivity contribution in [2.75, 3.05) is 24.3 Å². The van der Waals surface area contributed by atoms with Gasteiger partial charge in [-0.15, -0.1) is 0 Å². The lowest BCUT2D eigenvalue weighted by Crippen LogP contribution is -2.41. The number of nitrogens with two attached hydrogens (primary N) is 1. The Morgan fingerprint density at radius 1 is 1.12 bits per heavy atom. The van der Waals surface area contributed by atoms with Crippen molar-refractivity contribution in [1.82, 2.24) is 14.7 Å². The van der Waals surface area contributed by atoms with Crippen LogP contribution in [0.5, 0.6) is 5.75 Å². The average molecular weight is 578 g/mol. The first-order valence-electron chi connectivity index (χ1n) is 13.6. The van der Waals surface area contributed by atoms with Gasteiger partial charge in [0, 0.05) is 17.5 Å². The van der Waals surface area contributed by atoms with Crippen molar-refractivity contribution in [2.24, 2.45) is 5.92 Å². The zero-order chi connectivity index (χ0) is 30.2. The molecule has 1 fully saturated rings. The van der Waals surface area contributed by atoms with Gasteiger partial charge >= 0.3 is 0 Å². The number of benzene rings is 1. The number of amides is 1. The Morgan fingerprint density at radius 3 is 2.37 bits per heavy atom. The van der Waals surface area contributed by atoms with E-state index in [0.717, 1.165) is 23.4 Å². The van der Waals surface area contributed by atoms with E-state index in [2.05, 4.69) is 56.1 Å². The lowest BCUT2D eigenvalue weighted by Gasteiger charge is -2.35. The highest BCUT2D eigenvalue weighted by molar-refractivity contribution is 7.90. The molecule has 1 aliphatic rings. The lowest BCUT2D eigenvalue weighted by atomic mass is 9.87. The van der Waals surface area contributed by atoms with Gasteiger partial charge in [-0.3, -0.25) is 4.79 Å². The molecule has 1 aliphatic heterocycles. The van der Waals surface area contributed by atoms with Crippen LogP contribution in [0, 0.1) is 5.92 Å². The summed E-state index contributed by atoms with van der Waals surface area (Å²) in [4.78, 5) is 24.9. The first kappa shape index (κ1) is 30.0. The molecule has 2 aromatic heterocycles. The molecule has 1 aromatic carbocycles. The molecule has 3 N–H and O–H groups in total. The van der Waals surface area contributed by atoms with E-state index in [1.807, 2.05) is 36.4 Å². The van der Waals surface area contributed by atoms with E-state index in [9.17, 15) is 13.2 Å². The molecule has 1 unspecified atom stereocenters. The fraction of sp³-hybridized carbons (Fsp3) is 0.387. The van der Waals surface area contributed by atoms with Gasteiger partial charge < -0.3 is 15.4 Å². The summed E-state index contributed by atoms with van der Waals surface area (Å²) in [5.41, 5.74) is 7.67. The zero-order valence-electron chi connectivity index (χ0n) is 24.7. The lowest BCUT2D eigenvalue weighted by molar-refractivity contribution is 0.0981. The number of pyridine rings is 2. The number of methoxy groups -OCH3 is 1. The number of nitrogens with one attached hydrogen (secondary N) is 1. The summed E-state index contributed by atoms with van der Waals surface area (Å²) in [5, 5.41) is -0.332. The number of sulfonamides is 1. The Morgan fingerprint density at radius 2 is 1.80 bits per heavy atom. The van der Waals surface area contributed by atoms with Crippen molar-refractivity contribution in [1.29, 1.82) is 0 Å². The monoisotopic (exact) mass is 577 g/mol. The molecule has 1 amide bonds. The number of carbonyl (C=O) groups excluding carboxylic acids is 1. The molecule has 4 rings (SSSR count). The van der Waals surface area contributed by atoms with Crippen molar-refractivity contribution >= 4 is 39.7 Å². The number of hydrogen-bond acceptors (Lipinski definition) is 8. The molecule has 41 heavy (non-hydrogen) atoms. The Balaban J connectivity index is 1.86. The van der Waals surface area contributed by atoms with Crippen molar-refractivity contribution < 1.29 is 17.9 Å². The van der Waals surface area contributed by atoms with Crippen molar-refractivity contribution in [2.45, 2.75) is 63.9 Å². The van der Waals surface area contributed by atoms with E-state index >= 15 is 0 Å². The van der Waals surface area contributed by atoms with Gasteiger partial charge in [0.05, 0.1) is 18.4 Å². The van der Waals surface area contributed by atoms with Crippen LogP contribution in [0.25, 0.3) is 12.2 Å². The molecule has 3 aromatic rings. The third kappa shape index (κ3) is 6.70. The van der Waals surface area contributed by atoms with Gasteiger partial charge in [-0.05, 0) is 67.6 Å². The number of hydrogen-bond donors (Lipinski definition) is 2. The Kier molecular flexibility index (Phi) is 8.18. The van der Waals surface area contributed by atoms with Crippen LogP contribution in [0.15, 0.2) is 53.6 Å². The highest BCUT2D eigenvalue weighted by Crippen LogP contribution is 2.39. The molecular formula is C31H39N5O4S. The fourth-order valence-electron chi connectivity index (χ4n) is 5.29. The quantitative estimate of drug-likeness (QED) is 0.388. The standard InChI is InChI=1S/C31H39N5O4S/c1-20-18-31(5,6)36(19-20)28-24(29(37)35-41(38,39)26-10-8-9-25(32)33-26)17-22(27(34-28)30(2,3)4)14-11-21-12-15-23(40-7)16-13-21/h8-17,20H,18-19H2,1-7H3,(H2,32,33)(H,35,37)/b14-11+. The maximum atomic E-state index is 13.8. The third-order valence-electron chi connectivity index (χ3n) is 7.13. The van der Waals surface area contributed by atoms with Gasteiger partial charge in [-0.2, -0.15) is 8.42 Å². The molecule has 1 atom stereocenters. The summed E-state index contributed by atoms with van der Waals surface area (Å²) in [7, 11) is -2.67. The van der Waals surface area contributed by atoms with Gasteiger partial charge in [-0.25, -0.2) is 14.7 Å². The summed E-state index contributed by atoms with van der Waals surface area (Å²) in [6.07, 6.45) is 4.75. The number of ether oxygens (including phenoxy) is 1. The van der Waals surface area contributed by atoms with Gasteiger partial charge in [0.1, 0.15) is 17.4 Å². The molecule has 0 saturated carbocycles. The number of anilines is 2. The first-order chi connectivity index (χ1) is 19.1. The van der Waals surface area contributed by atoms with E-state index in [1.54, 1.807) is 13.2 Å². The van der Waals surface area contributed by atoms with Crippen LogP contribution in [0.1, 0.15) is 75.1 Å². The second-order valence-corrected chi connectivity index (χ2v) is 13.9. The molecular weight excluding hydrogens is 538 g/mol. The minimum Gasteiger partial charge on any atom is -0.497 e. The summed E-state index contributed by atoms with van der Waals surface area (Å²) in [5.74, 6) is 0.832. The van der Waals surface area contributed by atoms with E-state index in [0.29, 0.717) is 23.8 Å². The van der Waals surface area contributed by atoms with Crippen LogP contribution in [0.3, 0.4) is 0 Å². The number of aromatic nitrogens is 2. The topological polar surface area (TPSA) is 128 Å².